The van der Waals surface area contributed by atoms with Gasteiger partial charge in [-0.25, -0.2) is 0 Å². The van der Waals surface area contributed by atoms with E-state index in [1.165, 1.54) is 0 Å². The summed E-state index contributed by atoms with van der Waals surface area (Å²) in [5.41, 5.74) is 1.18. The minimum absolute atomic E-state index is 0.00280. The quantitative estimate of drug-likeness (QED) is 0.607. The van der Waals surface area contributed by atoms with Crippen LogP contribution >= 0.6 is 0 Å². The van der Waals surface area contributed by atoms with Crippen LogP contribution in [0.15, 0.2) is 6.07 Å². The average Bonchev–Trinajstić information content (AvgIpc) is 3.06. The van der Waals surface area contributed by atoms with E-state index < -0.39 is 23.5 Å². The number of Topliss-reactive ketones (excluding diaryl/α,β-unsaturated/α-hetero) is 2. The van der Waals surface area contributed by atoms with Crippen molar-refractivity contribution in [2.45, 2.75) is 19.8 Å². The Labute approximate surface area is 130 Å². The van der Waals surface area contributed by atoms with Gasteiger partial charge in [-0.1, -0.05) is 0 Å². The number of nitrogens with one attached hydrogen (secondary N) is 1. The molecule has 2 aliphatic heterocycles. The van der Waals surface area contributed by atoms with Crippen molar-refractivity contribution in [1.82, 2.24) is 5.32 Å². The Morgan fingerprint density at radius 3 is 2.57 bits per heavy atom. The summed E-state index contributed by atoms with van der Waals surface area (Å²) in [6.45, 7) is 1.77. The summed E-state index contributed by atoms with van der Waals surface area (Å²) in [5, 5.41) is 2.20. The Morgan fingerprint density at radius 1 is 1.09 bits per heavy atom. The van der Waals surface area contributed by atoms with Crippen molar-refractivity contribution in [3.63, 3.8) is 0 Å². The van der Waals surface area contributed by atoms with E-state index in [1.807, 2.05) is 0 Å². The lowest BCUT2D eigenvalue weighted by atomic mass is 9.82. The lowest BCUT2D eigenvalue weighted by Crippen LogP contribution is -2.46. The fourth-order valence-corrected chi connectivity index (χ4v) is 3.51. The van der Waals surface area contributed by atoms with Crippen molar-refractivity contribution in [2.75, 3.05) is 6.79 Å². The van der Waals surface area contributed by atoms with Crippen molar-refractivity contribution >= 4 is 23.4 Å². The average molecular weight is 315 g/mol. The number of fused-ring (bicyclic) bond motifs is 3. The van der Waals surface area contributed by atoms with E-state index >= 15 is 0 Å². The summed E-state index contributed by atoms with van der Waals surface area (Å²) in [6, 6.07) is 1.61. The van der Waals surface area contributed by atoms with Crippen LogP contribution in [0.1, 0.15) is 39.1 Å². The molecule has 4 rings (SSSR count). The highest BCUT2D eigenvalue weighted by molar-refractivity contribution is 6.29. The monoisotopic (exact) mass is 315 g/mol. The van der Waals surface area contributed by atoms with Crippen LogP contribution < -0.4 is 14.8 Å². The minimum atomic E-state index is -1.09. The van der Waals surface area contributed by atoms with Gasteiger partial charge in [0.25, 0.3) is 0 Å². The number of ether oxygens (including phenoxy) is 2. The smallest absolute Gasteiger partial charge is 0.231 e. The predicted molar refractivity (Wildman–Crippen MR) is 75.3 cm³/mol. The number of piperidine rings is 1. The summed E-state index contributed by atoms with van der Waals surface area (Å²) in [7, 11) is 0. The number of hydrogen-bond acceptors (Lipinski definition) is 6. The molecule has 1 fully saturated rings. The van der Waals surface area contributed by atoms with E-state index in [2.05, 4.69) is 5.32 Å². The van der Waals surface area contributed by atoms with Crippen LogP contribution in [0.25, 0.3) is 0 Å². The van der Waals surface area contributed by atoms with Crippen molar-refractivity contribution in [2.24, 2.45) is 11.8 Å². The molecular formula is C16H13NO6. The molecule has 0 saturated carbocycles. The van der Waals surface area contributed by atoms with E-state index in [1.54, 1.807) is 13.0 Å². The molecule has 0 radical (unpaired) electrons. The van der Waals surface area contributed by atoms with Crippen molar-refractivity contribution < 1.29 is 28.7 Å². The number of ketones is 2. The number of aryl methyl sites for hydroxylation is 1. The first-order valence-corrected chi connectivity index (χ1v) is 7.34. The second kappa shape index (κ2) is 4.65. The molecule has 2 unspecified atom stereocenters. The minimum Gasteiger partial charge on any atom is -0.453 e. The van der Waals surface area contributed by atoms with Gasteiger partial charge in [0.15, 0.2) is 23.1 Å². The van der Waals surface area contributed by atoms with E-state index in [9.17, 15) is 19.2 Å². The van der Waals surface area contributed by atoms with Crippen molar-refractivity contribution in [3.05, 3.63) is 22.8 Å². The van der Waals surface area contributed by atoms with Gasteiger partial charge in [-0.05, 0) is 25.0 Å². The van der Waals surface area contributed by atoms with Crippen LogP contribution in [0.3, 0.4) is 0 Å². The van der Waals surface area contributed by atoms with Gasteiger partial charge in [0.1, 0.15) is 0 Å². The van der Waals surface area contributed by atoms with Crippen molar-refractivity contribution in [1.29, 1.82) is 0 Å². The molecule has 7 nitrogen and oxygen atoms in total. The van der Waals surface area contributed by atoms with Crippen LogP contribution in [0.2, 0.25) is 0 Å². The molecule has 1 aromatic rings. The lowest BCUT2D eigenvalue weighted by molar-refractivity contribution is -0.137. The van der Waals surface area contributed by atoms with E-state index in [4.69, 9.17) is 9.47 Å². The normalized spacial score (nSPS) is 25.6. The number of rotatable bonds is 1. The highest BCUT2D eigenvalue weighted by Crippen LogP contribution is 2.46. The van der Waals surface area contributed by atoms with Gasteiger partial charge in [-0.2, -0.15) is 0 Å². The van der Waals surface area contributed by atoms with Gasteiger partial charge in [0.05, 0.1) is 17.4 Å². The first-order valence-electron chi connectivity index (χ1n) is 7.34. The maximum Gasteiger partial charge on any atom is 0.231 e. The molecule has 7 heteroatoms. The van der Waals surface area contributed by atoms with E-state index in [0.29, 0.717) is 11.3 Å². The molecule has 3 aliphatic rings. The van der Waals surface area contributed by atoms with Gasteiger partial charge in [-0.15, -0.1) is 0 Å². The van der Waals surface area contributed by atoms with E-state index in [0.717, 1.165) is 0 Å². The third-order valence-corrected chi connectivity index (χ3v) is 4.59. The van der Waals surface area contributed by atoms with Gasteiger partial charge in [-0.3, -0.25) is 24.5 Å². The van der Waals surface area contributed by atoms with Crippen LogP contribution in [-0.4, -0.2) is 30.2 Å². The largest absolute Gasteiger partial charge is 0.453 e. The summed E-state index contributed by atoms with van der Waals surface area (Å²) in [4.78, 5) is 48.8. The summed E-state index contributed by atoms with van der Waals surface area (Å²) >= 11 is 0. The third-order valence-electron chi connectivity index (χ3n) is 4.59. The molecule has 1 aliphatic carbocycles. The topological polar surface area (TPSA) is 98.8 Å². The number of benzene rings is 1. The first kappa shape index (κ1) is 13.9. The molecular weight excluding hydrogens is 302 g/mol. The Kier molecular flexibility index (Phi) is 2.81. The lowest BCUT2D eigenvalue weighted by Gasteiger charge is -2.24. The molecule has 1 N–H and O–H groups in total. The number of imide groups is 1. The SMILES string of the molecule is Cc1cc2c(c3c1OCO3)C(=O)C(C1CCC(=O)NC1=O)C2=O. The standard InChI is InChI=1S/C16H13NO6/c1-6-4-8-11(15-14(6)22-5-23-15)13(20)10(12(8)19)7-2-3-9(18)17-16(7)21/h4,7,10H,2-3,5H2,1H3,(H,17,18,21). The van der Waals surface area contributed by atoms with Crippen LogP contribution in [-0.2, 0) is 9.59 Å². The summed E-state index contributed by atoms with van der Waals surface area (Å²) < 4.78 is 10.7. The number of carbonyl (C=O) groups excluding carboxylic acids is 4. The summed E-state index contributed by atoms with van der Waals surface area (Å²) in [5.74, 6) is -2.92. The molecule has 0 aromatic heterocycles. The van der Waals surface area contributed by atoms with Crippen LogP contribution in [0.4, 0.5) is 0 Å². The zero-order chi connectivity index (χ0) is 16.3. The maximum absolute atomic E-state index is 12.8. The highest BCUT2D eigenvalue weighted by atomic mass is 16.7. The van der Waals surface area contributed by atoms with Gasteiger partial charge in [0.2, 0.25) is 18.6 Å². The third kappa shape index (κ3) is 1.82. The van der Waals surface area contributed by atoms with Gasteiger partial charge < -0.3 is 9.47 Å². The Bertz CT molecular complexity index is 796. The van der Waals surface area contributed by atoms with Crippen LogP contribution in [0.5, 0.6) is 11.5 Å². The zero-order valence-corrected chi connectivity index (χ0v) is 12.3. The first-order chi connectivity index (χ1) is 11.0. The zero-order valence-electron chi connectivity index (χ0n) is 12.3. The molecule has 2 atom stereocenters. The predicted octanol–water partition coefficient (Wildman–Crippen LogP) is 0.772. The Balaban J connectivity index is 1.79. The van der Waals surface area contributed by atoms with Crippen LogP contribution in [0, 0.1) is 18.8 Å². The Morgan fingerprint density at radius 2 is 1.83 bits per heavy atom. The molecule has 0 spiro atoms. The molecule has 1 aromatic carbocycles. The second-order valence-electron chi connectivity index (χ2n) is 5.94. The Hall–Kier alpha value is -2.70. The molecule has 0 bridgehead atoms. The van der Waals surface area contributed by atoms with Gasteiger partial charge in [0, 0.05) is 12.0 Å². The molecule has 23 heavy (non-hydrogen) atoms. The summed E-state index contributed by atoms with van der Waals surface area (Å²) in [6.07, 6.45) is 0.319. The molecule has 2 amide bonds. The van der Waals surface area contributed by atoms with Gasteiger partial charge >= 0.3 is 0 Å². The highest BCUT2D eigenvalue weighted by Gasteiger charge is 2.50. The second-order valence-corrected chi connectivity index (χ2v) is 5.94. The number of carbonyl (C=O) groups is 4. The van der Waals surface area contributed by atoms with E-state index in [-0.39, 0.29) is 48.2 Å². The van der Waals surface area contributed by atoms with Crippen molar-refractivity contribution in [3.8, 4) is 11.5 Å². The molecule has 118 valence electrons. The number of hydrogen-bond donors (Lipinski definition) is 1. The maximum atomic E-state index is 12.8. The molecule has 2 heterocycles. The fourth-order valence-electron chi connectivity index (χ4n) is 3.51. The fraction of sp³-hybridized carbons (Fsp3) is 0.375. The molecule has 1 saturated heterocycles. The number of amides is 2.